The van der Waals surface area contributed by atoms with E-state index in [0.29, 0.717) is 11.8 Å². The predicted octanol–water partition coefficient (Wildman–Crippen LogP) is 7.27. The number of benzene rings is 1. The van der Waals surface area contributed by atoms with Crippen molar-refractivity contribution >= 4 is 0 Å². The van der Waals surface area contributed by atoms with Crippen LogP contribution in [0.1, 0.15) is 73.8 Å². The summed E-state index contributed by atoms with van der Waals surface area (Å²) in [7, 11) is 0. The van der Waals surface area contributed by atoms with Crippen molar-refractivity contribution in [2.75, 3.05) is 0 Å². The molecule has 0 saturated carbocycles. The van der Waals surface area contributed by atoms with Crippen molar-refractivity contribution in [2.45, 2.75) is 85.4 Å². The molecule has 0 aromatic heterocycles. The van der Waals surface area contributed by atoms with Crippen molar-refractivity contribution in [1.29, 1.82) is 0 Å². The van der Waals surface area contributed by atoms with E-state index in [2.05, 4.69) is 80.5 Å². The van der Waals surface area contributed by atoms with E-state index in [1.54, 1.807) is 12.1 Å². The molecule has 3 nitrogen and oxygen atoms in total. The molecule has 0 aliphatic carbocycles. The summed E-state index contributed by atoms with van der Waals surface area (Å²) in [6.07, 6.45) is 5.74. The quantitative estimate of drug-likeness (QED) is 0.323. The topological polar surface area (TPSA) is 32.7 Å². The molecule has 0 radical (unpaired) electrons. The summed E-state index contributed by atoms with van der Waals surface area (Å²) < 4.78 is 0. The first-order chi connectivity index (χ1) is 13.8. The SMILES string of the molecule is C=C/C=C(\C=C)C(C(C)C)N(OC(C)(C)C(c1ccc(O)cc1)C(C)C)C(C)(C)C. The Morgan fingerprint density at radius 1 is 0.967 bits per heavy atom. The lowest BCUT2D eigenvalue weighted by Crippen LogP contribution is -2.55. The molecule has 2 atom stereocenters. The van der Waals surface area contributed by atoms with Crippen LogP contribution in [0.4, 0.5) is 0 Å². The molecule has 1 rings (SSSR count). The fourth-order valence-electron chi connectivity index (χ4n) is 4.41. The first kappa shape index (κ1) is 26.2. The fraction of sp³-hybridized carbons (Fsp3) is 0.556. The molecule has 0 saturated heterocycles. The summed E-state index contributed by atoms with van der Waals surface area (Å²) in [5.74, 6) is 1.09. The molecule has 3 heteroatoms. The van der Waals surface area contributed by atoms with Gasteiger partial charge < -0.3 is 5.11 Å². The third-order valence-corrected chi connectivity index (χ3v) is 5.43. The van der Waals surface area contributed by atoms with Crippen LogP contribution >= 0.6 is 0 Å². The number of nitrogens with zero attached hydrogens (tertiary/aromatic N) is 1. The highest BCUT2D eigenvalue weighted by Crippen LogP contribution is 2.41. The van der Waals surface area contributed by atoms with Gasteiger partial charge in [0.1, 0.15) is 5.75 Å². The summed E-state index contributed by atoms with van der Waals surface area (Å²) in [5, 5.41) is 11.9. The van der Waals surface area contributed by atoms with Gasteiger partial charge in [0.2, 0.25) is 0 Å². The maximum absolute atomic E-state index is 9.74. The Hall–Kier alpha value is -1.84. The Morgan fingerprint density at radius 3 is 1.87 bits per heavy atom. The van der Waals surface area contributed by atoms with E-state index in [1.807, 2.05) is 30.4 Å². The first-order valence-corrected chi connectivity index (χ1v) is 11.0. The third kappa shape index (κ3) is 6.58. The molecule has 0 aliphatic rings. The second-order valence-corrected chi connectivity index (χ2v) is 10.3. The van der Waals surface area contributed by atoms with Crippen molar-refractivity contribution in [3.05, 3.63) is 66.8 Å². The van der Waals surface area contributed by atoms with Crippen molar-refractivity contribution in [3.8, 4) is 5.75 Å². The first-order valence-electron chi connectivity index (χ1n) is 11.0. The van der Waals surface area contributed by atoms with Crippen LogP contribution in [-0.2, 0) is 4.84 Å². The van der Waals surface area contributed by atoms with Crippen LogP contribution in [0.2, 0.25) is 0 Å². The van der Waals surface area contributed by atoms with Gasteiger partial charge in [0.25, 0.3) is 0 Å². The average Bonchev–Trinajstić information content (AvgIpc) is 2.60. The van der Waals surface area contributed by atoms with Gasteiger partial charge in [-0.15, -0.1) is 0 Å². The number of hydrogen-bond donors (Lipinski definition) is 1. The molecule has 1 aromatic rings. The molecule has 0 amide bonds. The molecular weight excluding hydrogens is 370 g/mol. The van der Waals surface area contributed by atoms with E-state index in [4.69, 9.17) is 4.84 Å². The highest BCUT2D eigenvalue weighted by atomic mass is 16.7. The lowest BCUT2D eigenvalue weighted by Gasteiger charge is -2.49. The Morgan fingerprint density at radius 2 is 1.50 bits per heavy atom. The van der Waals surface area contributed by atoms with Crippen molar-refractivity contribution in [1.82, 2.24) is 5.06 Å². The van der Waals surface area contributed by atoms with E-state index in [-0.39, 0.29) is 23.2 Å². The molecule has 0 fully saturated rings. The number of phenols is 1. The zero-order valence-electron chi connectivity index (χ0n) is 20.6. The molecular formula is C27H43NO2. The smallest absolute Gasteiger partial charge is 0.115 e. The lowest BCUT2D eigenvalue weighted by atomic mass is 9.77. The number of rotatable bonds is 10. The Kier molecular flexibility index (Phi) is 9.13. The normalized spacial score (nSPS) is 15.5. The maximum Gasteiger partial charge on any atom is 0.115 e. The van der Waals surface area contributed by atoms with Gasteiger partial charge >= 0.3 is 0 Å². The monoisotopic (exact) mass is 413 g/mol. The van der Waals surface area contributed by atoms with Crippen LogP contribution in [0.25, 0.3) is 0 Å². The molecule has 168 valence electrons. The third-order valence-electron chi connectivity index (χ3n) is 5.43. The van der Waals surface area contributed by atoms with Crippen LogP contribution in [0, 0.1) is 11.8 Å². The van der Waals surface area contributed by atoms with E-state index < -0.39 is 5.60 Å². The number of hydroxylamine groups is 2. The second kappa shape index (κ2) is 10.5. The highest BCUT2D eigenvalue weighted by molar-refractivity contribution is 5.31. The molecule has 2 unspecified atom stereocenters. The van der Waals surface area contributed by atoms with Crippen LogP contribution in [0.3, 0.4) is 0 Å². The number of hydrogen-bond acceptors (Lipinski definition) is 3. The Labute approximate surface area is 185 Å². The summed E-state index contributed by atoms with van der Waals surface area (Å²) >= 11 is 0. The summed E-state index contributed by atoms with van der Waals surface area (Å²) in [6.45, 7) is 27.6. The van der Waals surface area contributed by atoms with Gasteiger partial charge in [-0.3, -0.25) is 4.84 Å². The maximum atomic E-state index is 9.74. The second-order valence-electron chi connectivity index (χ2n) is 10.3. The summed E-state index contributed by atoms with van der Waals surface area (Å²) in [5.41, 5.74) is 1.54. The number of allylic oxidation sites excluding steroid dienone is 2. The van der Waals surface area contributed by atoms with Crippen LogP contribution in [-0.4, -0.2) is 27.4 Å². The minimum atomic E-state index is -0.480. The van der Waals surface area contributed by atoms with Gasteiger partial charge in [-0.1, -0.05) is 71.2 Å². The van der Waals surface area contributed by atoms with Crippen molar-refractivity contribution < 1.29 is 9.94 Å². The van der Waals surface area contributed by atoms with Crippen molar-refractivity contribution in [3.63, 3.8) is 0 Å². The van der Waals surface area contributed by atoms with Crippen LogP contribution in [0.15, 0.2) is 61.2 Å². The van der Waals surface area contributed by atoms with Crippen LogP contribution in [0.5, 0.6) is 5.75 Å². The van der Waals surface area contributed by atoms with Gasteiger partial charge in [0.15, 0.2) is 0 Å². The van der Waals surface area contributed by atoms with Crippen LogP contribution < -0.4 is 0 Å². The summed E-state index contributed by atoms with van der Waals surface area (Å²) in [4.78, 5) is 6.91. The fourth-order valence-corrected chi connectivity index (χ4v) is 4.41. The van der Waals surface area contributed by atoms with Gasteiger partial charge in [-0.05, 0) is 69.7 Å². The van der Waals surface area contributed by atoms with E-state index in [0.717, 1.165) is 11.1 Å². The van der Waals surface area contributed by atoms with Gasteiger partial charge in [0.05, 0.1) is 11.6 Å². The van der Waals surface area contributed by atoms with Gasteiger partial charge in [-0.25, -0.2) is 0 Å². The Bertz CT molecular complexity index is 720. The van der Waals surface area contributed by atoms with Crippen molar-refractivity contribution in [2.24, 2.45) is 11.8 Å². The van der Waals surface area contributed by atoms with E-state index in [1.165, 1.54) is 0 Å². The largest absolute Gasteiger partial charge is 0.508 e. The predicted molar refractivity (Wildman–Crippen MR) is 130 cm³/mol. The lowest BCUT2D eigenvalue weighted by molar-refractivity contribution is -0.300. The van der Waals surface area contributed by atoms with Gasteiger partial charge in [0, 0.05) is 11.5 Å². The van der Waals surface area contributed by atoms with Gasteiger partial charge in [-0.2, -0.15) is 5.06 Å². The zero-order chi connectivity index (χ0) is 23.3. The minimum absolute atomic E-state index is 0.0346. The Balaban J connectivity index is 3.48. The van der Waals surface area contributed by atoms with E-state index in [9.17, 15) is 5.11 Å². The zero-order valence-corrected chi connectivity index (χ0v) is 20.6. The summed E-state index contributed by atoms with van der Waals surface area (Å²) in [6, 6.07) is 7.54. The molecule has 0 spiro atoms. The standard InChI is InChI=1S/C27H43NO2/c1-12-14-21(13-2)25(20(5)6)28(26(7,8)9)30-27(10,11)24(19(3)4)22-15-17-23(29)18-16-22/h12-20,24-25,29H,1-2H2,3-11H3/b21-14+. The minimum Gasteiger partial charge on any atom is -0.508 e. The average molecular weight is 414 g/mol. The molecule has 0 heterocycles. The van der Waals surface area contributed by atoms with E-state index >= 15 is 0 Å². The highest BCUT2D eigenvalue weighted by Gasteiger charge is 2.42. The molecule has 30 heavy (non-hydrogen) atoms. The number of aromatic hydroxyl groups is 1. The molecule has 0 bridgehead atoms. The number of phenolic OH excluding ortho intramolecular Hbond substituents is 1. The molecule has 1 N–H and O–H groups in total. The molecule has 1 aromatic carbocycles. The molecule has 0 aliphatic heterocycles.